The van der Waals surface area contributed by atoms with Gasteiger partial charge in [-0.25, -0.2) is 13.1 Å². The highest BCUT2D eigenvalue weighted by Gasteiger charge is 2.18. The van der Waals surface area contributed by atoms with Crippen LogP contribution in [0.5, 0.6) is 17.2 Å². The first-order valence-corrected chi connectivity index (χ1v) is 9.52. The van der Waals surface area contributed by atoms with Crippen molar-refractivity contribution in [1.82, 2.24) is 4.72 Å². The largest absolute Gasteiger partial charge is 0.495 e. The lowest BCUT2D eigenvalue weighted by atomic mass is 10.3. The van der Waals surface area contributed by atoms with Crippen molar-refractivity contribution >= 4 is 33.2 Å². The summed E-state index contributed by atoms with van der Waals surface area (Å²) in [4.78, 5) is 12.1. The number of halogens is 1. The normalized spacial score (nSPS) is 11.0. The molecule has 0 aliphatic carbocycles. The minimum atomic E-state index is -3.93. The van der Waals surface area contributed by atoms with E-state index in [1.54, 1.807) is 12.1 Å². The summed E-state index contributed by atoms with van der Waals surface area (Å²) >= 11 is 5.90. The number of carbonyl (C=O) groups is 1. The van der Waals surface area contributed by atoms with Crippen molar-refractivity contribution in [2.45, 2.75) is 4.90 Å². The maximum atomic E-state index is 12.4. The van der Waals surface area contributed by atoms with Crippen molar-refractivity contribution in [2.24, 2.45) is 0 Å². The summed E-state index contributed by atoms with van der Waals surface area (Å²) in [6, 6.07) is 8.81. The Bertz CT molecular complexity index is 933. The summed E-state index contributed by atoms with van der Waals surface area (Å²) in [5, 5.41) is 2.95. The van der Waals surface area contributed by atoms with Gasteiger partial charge in [0.1, 0.15) is 5.75 Å². The van der Waals surface area contributed by atoms with Crippen molar-refractivity contribution < 1.29 is 27.4 Å². The van der Waals surface area contributed by atoms with E-state index in [4.69, 9.17) is 25.8 Å². The average molecular weight is 415 g/mol. The Morgan fingerprint density at radius 3 is 2.22 bits per heavy atom. The number of nitrogens with one attached hydrogen (secondary N) is 2. The fourth-order valence-electron chi connectivity index (χ4n) is 2.20. The van der Waals surface area contributed by atoms with Crippen molar-refractivity contribution in [3.05, 3.63) is 41.4 Å². The minimum absolute atomic E-state index is 0.0618. The number of hydrogen-bond acceptors (Lipinski definition) is 6. The van der Waals surface area contributed by atoms with Gasteiger partial charge in [0.25, 0.3) is 0 Å². The number of hydrogen-bond donors (Lipinski definition) is 2. The lowest BCUT2D eigenvalue weighted by Gasteiger charge is -2.12. The van der Waals surface area contributed by atoms with Crippen LogP contribution in [0, 0.1) is 0 Å². The summed E-state index contributed by atoms with van der Waals surface area (Å²) in [7, 11) is 0.350. The Hall–Kier alpha value is -2.49. The second-order valence-corrected chi connectivity index (χ2v) is 7.44. The van der Waals surface area contributed by atoms with Gasteiger partial charge in [0, 0.05) is 11.1 Å². The highest BCUT2D eigenvalue weighted by atomic mass is 35.5. The first-order chi connectivity index (χ1) is 12.8. The van der Waals surface area contributed by atoms with E-state index in [2.05, 4.69) is 10.0 Å². The van der Waals surface area contributed by atoms with Gasteiger partial charge in [-0.1, -0.05) is 11.6 Å². The molecule has 2 N–H and O–H groups in total. The molecule has 2 aromatic carbocycles. The number of amides is 1. The van der Waals surface area contributed by atoms with E-state index in [9.17, 15) is 13.2 Å². The molecule has 0 radical (unpaired) electrons. The Balaban J connectivity index is 2.09. The molecule has 0 aliphatic rings. The zero-order valence-electron chi connectivity index (χ0n) is 14.9. The lowest BCUT2D eigenvalue weighted by molar-refractivity contribution is -0.115. The monoisotopic (exact) mass is 414 g/mol. The smallest absolute Gasteiger partial charge is 0.241 e. The third kappa shape index (κ3) is 5.25. The van der Waals surface area contributed by atoms with Crippen molar-refractivity contribution in [3.63, 3.8) is 0 Å². The first kappa shape index (κ1) is 20.8. The van der Waals surface area contributed by atoms with E-state index in [1.807, 2.05) is 0 Å². The number of anilines is 1. The SMILES string of the molecule is COc1ccc(Cl)cc1NC(=O)CNS(=O)(=O)c1ccc(OC)c(OC)c1. The number of carbonyl (C=O) groups excluding carboxylic acids is 1. The highest BCUT2D eigenvalue weighted by Crippen LogP contribution is 2.29. The number of rotatable bonds is 8. The molecule has 0 saturated heterocycles. The van der Waals surface area contributed by atoms with Gasteiger partial charge in [-0.2, -0.15) is 0 Å². The molecule has 1 amide bonds. The predicted octanol–water partition coefficient (Wildman–Crippen LogP) is 2.28. The van der Waals surface area contributed by atoms with Gasteiger partial charge in [0.05, 0.1) is 38.5 Å². The Morgan fingerprint density at radius 2 is 1.59 bits per heavy atom. The van der Waals surface area contributed by atoms with E-state index in [-0.39, 0.29) is 10.6 Å². The molecule has 0 saturated carbocycles. The first-order valence-electron chi connectivity index (χ1n) is 7.65. The van der Waals surface area contributed by atoms with Gasteiger partial charge >= 0.3 is 0 Å². The summed E-state index contributed by atoms with van der Waals surface area (Å²) in [5.41, 5.74) is 0.334. The third-order valence-corrected chi connectivity index (χ3v) is 5.16. The van der Waals surface area contributed by atoms with Crippen LogP contribution in [0.25, 0.3) is 0 Å². The molecule has 0 aromatic heterocycles. The van der Waals surface area contributed by atoms with Crippen LogP contribution in [0.15, 0.2) is 41.3 Å². The zero-order valence-corrected chi connectivity index (χ0v) is 16.5. The van der Waals surface area contributed by atoms with E-state index in [0.717, 1.165) is 0 Å². The topological polar surface area (TPSA) is 103 Å². The van der Waals surface area contributed by atoms with Crippen LogP contribution in [0.2, 0.25) is 5.02 Å². The predicted molar refractivity (Wildman–Crippen MR) is 101 cm³/mol. The van der Waals surface area contributed by atoms with Gasteiger partial charge in [0.2, 0.25) is 15.9 Å². The molecule has 146 valence electrons. The zero-order chi connectivity index (χ0) is 20.0. The summed E-state index contributed by atoms with van der Waals surface area (Å²) < 4.78 is 42.3. The molecule has 0 aliphatic heterocycles. The molecular weight excluding hydrogens is 396 g/mol. The average Bonchev–Trinajstić information content (AvgIpc) is 2.66. The molecule has 10 heteroatoms. The van der Waals surface area contributed by atoms with Crippen molar-refractivity contribution in [3.8, 4) is 17.2 Å². The summed E-state index contributed by atoms with van der Waals surface area (Å²) in [6.45, 7) is -0.480. The van der Waals surface area contributed by atoms with Crippen LogP contribution in [0.3, 0.4) is 0 Å². The Labute approximate surface area is 162 Å². The number of sulfonamides is 1. The van der Waals surface area contributed by atoms with Gasteiger partial charge in [-0.05, 0) is 30.3 Å². The standard InChI is InChI=1S/C17H19ClN2O6S/c1-24-14-6-4-11(18)8-13(14)20-17(21)10-19-27(22,23)12-5-7-15(25-2)16(9-12)26-3/h4-9,19H,10H2,1-3H3,(H,20,21). The van der Waals surface area contributed by atoms with Gasteiger partial charge in [-0.3, -0.25) is 4.79 Å². The number of ether oxygens (including phenoxy) is 3. The molecule has 0 bridgehead atoms. The fraction of sp³-hybridized carbons (Fsp3) is 0.235. The molecule has 0 spiro atoms. The van der Waals surface area contributed by atoms with Crippen LogP contribution in [0.4, 0.5) is 5.69 Å². The Kier molecular flexibility index (Phi) is 6.89. The van der Waals surface area contributed by atoms with Gasteiger partial charge in [0.15, 0.2) is 11.5 Å². The van der Waals surface area contributed by atoms with Gasteiger partial charge < -0.3 is 19.5 Å². The minimum Gasteiger partial charge on any atom is -0.495 e. The number of benzene rings is 2. The van der Waals surface area contributed by atoms with E-state index >= 15 is 0 Å². The van der Waals surface area contributed by atoms with Crippen molar-refractivity contribution in [1.29, 1.82) is 0 Å². The highest BCUT2D eigenvalue weighted by molar-refractivity contribution is 7.89. The van der Waals surface area contributed by atoms with E-state index in [0.29, 0.717) is 22.2 Å². The van der Waals surface area contributed by atoms with E-state index < -0.39 is 22.5 Å². The molecule has 8 nitrogen and oxygen atoms in total. The Morgan fingerprint density at radius 1 is 0.963 bits per heavy atom. The number of methoxy groups -OCH3 is 3. The summed E-state index contributed by atoms with van der Waals surface area (Å²) in [6.07, 6.45) is 0. The molecule has 2 aromatic rings. The summed E-state index contributed by atoms with van der Waals surface area (Å²) in [5.74, 6) is 0.464. The van der Waals surface area contributed by atoms with Crippen LogP contribution in [0.1, 0.15) is 0 Å². The molecule has 27 heavy (non-hydrogen) atoms. The maximum absolute atomic E-state index is 12.4. The van der Waals surface area contributed by atoms with Crippen LogP contribution in [-0.4, -0.2) is 42.2 Å². The second-order valence-electron chi connectivity index (χ2n) is 5.23. The molecular formula is C17H19ClN2O6S. The van der Waals surface area contributed by atoms with Crippen LogP contribution < -0.4 is 24.2 Å². The quantitative estimate of drug-likeness (QED) is 0.687. The molecule has 0 atom stereocenters. The fourth-order valence-corrected chi connectivity index (χ4v) is 3.37. The second kappa shape index (κ2) is 8.94. The molecule has 0 unspecified atom stereocenters. The van der Waals surface area contributed by atoms with Crippen molar-refractivity contribution in [2.75, 3.05) is 33.2 Å². The van der Waals surface area contributed by atoms with Crippen LogP contribution >= 0.6 is 11.6 Å². The third-order valence-electron chi connectivity index (χ3n) is 3.52. The molecule has 2 rings (SSSR count). The van der Waals surface area contributed by atoms with E-state index in [1.165, 1.54) is 45.6 Å². The molecule has 0 fully saturated rings. The lowest BCUT2D eigenvalue weighted by Crippen LogP contribution is -2.33. The maximum Gasteiger partial charge on any atom is 0.241 e. The van der Waals surface area contributed by atoms with Crippen LogP contribution in [-0.2, 0) is 14.8 Å². The molecule has 0 heterocycles. The van der Waals surface area contributed by atoms with Gasteiger partial charge in [-0.15, -0.1) is 0 Å².